The minimum absolute atomic E-state index is 0.154. The number of nitrogens with zero attached hydrogens (tertiary/aromatic N) is 1. The first-order chi connectivity index (χ1) is 17.0. The summed E-state index contributed by atoms with van der Waals surface area (Å²) in [6, 6.07) is 10.8. The number of rotatable bonds is 4. The predicted octanol–water partition coefficient (Wildman–Crippen LogP) is 6.10. The molecule has 0 aliphatic carbocycles. The molecular weight excluding hydrogens is 478 g/mol. The van der Waals surface area contributed by atoms with Crippen molar-refractivity contribution < 1.29 is 37.0 Å². The first-order valence-electron chi connectivity index (χ1n) is 10.8. The van der Waals surface area contributed by atoms with E-state index in [2.05, 4.69) is 0 Å². The highest BCUT2D eigenvalue weighted by molar-refractivity contribution is 6.51. The van der Waals surface area contributed by atoms with Gasteiger partial charge in [-0.15, -0.1) is 0 Å². The summed E-state index contributed by atoms with van der Waals surface area (Å²) in [4.78, 5) is 27.2. The zero-order valence-corrected chi connectivity index (χ0v) is 19.5. The molecule has 0 saturated carbocycles. The van der Waals surface area contributed by atoms with Crippen LogP contribution in [-0.2, 0) is 15.8 Å². The van der Waals surface area contributed by atoms with Gasteiger partial charge in [0.25, 0.3) is 11.7 Å². The minimum Gasteiger partial charge on any atom is -0.507 e. The number of anilines is 1. The first-order valence-corrected chi connectivity index (χ1v) is 10.8. The standard InChI is InChI=1S/C27H21F4NO4/c1-14-12-21(36-3)15(2)11-19(14)24(33)22-23(18-9-4-5-10-20(18)28)32(26(35)25(22)34)17-8-6-7-16(13-17)27(29,30)31/h4-13,23,33H,1-3H3/b24-22+. The number of benzene rings is 3. The van der Waals surface area contributed by atoms with Crippen molar-refractivity contribution in [1.29, 1.82) is 0 Å². The number of aliphatic hydroxyl groups is 1. The Morgan fingerprint density at radius 1 is 0.972 bits per heavy atom. The summed E-state index contributed by atoms with van der Waals surface area (Å²) in [7, 11) is 1.47. The van der Waals surface area contributed by atoms with Gasteiger partial charge in [-0.1, -0.05) is 24.3 Å². The van der Waals surface area contributed by atoms with E-state index >= 15 is 0 Å². The van der Waals surface area contributed by atoms with E-state index in [1.54, 1.807) is 26.0 Å². The number of alkyl halides is 3. The van der Waals surface area contributed by atoms with Crippen LogP contribution in [0.3, 0.4) is 0 Å². The number of methoxy groups -OCH3 is 1. The lowest BCUT2D eigenvalue weighted by molar-refractivity contribution is -0.137. The van der Waals surface area contributed by atoms with Gasteiger partial charge in [0.2, 0.25) is 0 Å². The summed E-state index contributed by atoms with van der Waals surface area (Å²) in [5.74, 6) is -3.17. The largest absolute Gasteiger partial charge is 0.507 e. The molecular formula is C27H21F4NO4. The maximum atomic E-state index is 15.0. The molecule has 5 nitrogen and oxygen atoms in total. The van der Waals surface area contributed by atoms with Crippen LogP contribution in [0.4, 0.5) is 23.2 Å². The van der Waals surface area contributed by atoms with Gasteiger partial charge in [0.05, 0.1) is 24.3 Å². The molecule has 4 rings (SSSR count). The molecule has 1 amide bonds. The van der Waals surface area contributed by atoms with E-state index in [0.29, 0.717) is 22.9 Å². The number of ether oxygens (including phenoxy) is 1. The number of ketones is 1. The van der Waals surface area contributed by atoms with Crippen molar-refractivity contribution in [2.75, 3.05) is 12.0 Å². The highest BCUT2D eigenvalue weighted by atomic mass is 19.4. The topological polar surface area (TPSA) is 66.8 Å². The van der Waals surface area contributed by atoms with E-state index in [9.17, 15) is 32.3 Å². The Kier molecular flexibility index (Phi) is 6.34. The molecule has 1 unspecified atom stereocenters. The number of aryl methyl sites for hydroxylation is 2. The molecule has 1 aliphatic rings. The Hall–Kier alpha value is -4.14. The number of hydrogen-bond acceptors (Lipinski definition) is 4. The summed E-state index contributed by atoms with van der Waals surface area (Å²) in [5.41, 5.74) is -0.560. The number of carbonyl (C=O) groups excluding carboxylic acids is 2. The molecule has 9 heteroatoms. The Bertz CT molecular complexity index is 1410. The van der Waals surface area contributed by atoms with Crippen LogP contribution < -0.4 is 9.64 Å². The molecule has 0 spiro atoms. The van der Waals surface area contributed by atoms with Crippen molar-refractivity contribution in [3.8, 4) is 5.75 Å². The van der Waals surface area contributed by atoms with Gasteiger partial charge in [-0.3, -0.25) is 14.5 Å². The number of hydrogen-bond donors (Lipinski definition) is 1. The van der Waals surface area contributed by atoms with Crippen molar-refractivity contribution in [3.63, 3.8) is 0 Å². The second kappa shape index (κ2) is 9.14. The highest BCUT2D eigenvalue weighted by Gasteiger charge is 2.48. The SMILES string of the molecule is COc1cc(C)c(/C(O)=C2\C(=O)C(=O)N(c3cccc(C(F)(F)F)c3)C2c2ccccc2F)cc1C. The van der Waals surface area contributed by atoms with Crippen LogP contribution in [0.25, 0.3) is 5.76 Å². The number of Topliss-reactive ketones (excluding diaryl/α,β-unsaturated/α-hetero) is 1. The van der Waals surface area contributed by atoms with E-state index in [1.807, 2.05) is 0 Å². The predicted molar refractivity (Wildman–Crippen MR) is 125 cm³/mol. The van der Waals surface area contributed by atoms with E-state index < -0.39 is 46.6 Å². The van der Waals surface area contributed by atoms with Crippen LogP contribution in [0.15, 0.2) is 66.2 Å². The maximum Gasteiger partial charge on any atom is 0.416 e. The van der Waals surface area contributed by atoms with Crippen molar-refractivity contribution in [2.24, 2.45) is 0 Å². The van der Waals surface area contributed by atoms with Crippen LogP contribution in [0.1, 0.15) is 33.9 Å². The van der Waals surface area contributed by atoms with Crippen LogP contribution in [0.2, 0.25) is 0 Å². The van der Waals surface area contributed by atoms with E-state index in [-0.39, 0.29) is 16.8 Å². The van der Waals surface area contributed by atoms with Crippen molar-refractivity contribution in [1.82, 2.24) is 0 Å². The van der Waals surface area contributed by atoms with Gasteiger partial charge in [0, 0.05) is 16.8 Å². The number of carbonyl (C=O) groups is 2. The zero-order valence-electron chi connectivity index (χ0n) is 19.5. The van der Waals surface area contributed by atoms with Crippen molar-refractivity contribution in [2.45, 2.75) is 26.1 Å². The lowest BCUT2D eigenvalue weighted by Gasteiger charge is -2.26. The summed E-state index contributed by atoms with van der Waals surface area (Å²) in [6.07, 6.45) is -4.71. The van der Waals surface area contributed by atoms with Crippen LogP contribution in [-0.4, -0.2) is 23.9 Å². The average molecular weight is 499 g/mol. The lowest BCUT2D eigenvalue weighted by atomic mass is 9.92. The second-order valence-electron chi connectivity index (χ2n) is 8.38. The molecule has 186 valence electrons. The quantitative estimate of drug-likeness (QED) is 0.204. The van der Waals surface area contributed by atoms with E-state index in [0.717, 1.165) is 23.1 Å². The third-order valence-electron chi connectivity index (χ3n) is 6.09. The van der Waals surface area contributed by atoms with E-state index in [1.165, 1.54) is 31.4 Å². The normalized spacial score (nSPS) is 17.5. The van der Waals surface area contributed by atoms with E-state index in [4.69, 9.17) is 4.74 Å². The van der Waals surface area contributed by atoms with Crippen LogP contribution in [0, 0.1) is 19.7 Å². The second-order valence-corrected chi connectivity index (χ2v) is 8.38. The summed E-state index contributed by atoms with van der Waals surface area (Å²) < 4.78 is 60.4. The molecule has 1 N–H and O–H groups in total. The molecule has 0 radical (unpaired) electrons. The molecule has 1 heterocycles. The monoisotopic (exact) mass is 499 g/mol. The molecule has 1 saturated heterocycles. The number of amides is 1. The number of aliphatic hydroxyl groups excluding tert-OH is 1. The molecule has 3 aromatic carbocycles. The number of halogens is 4. The van der Waals surface area contributed by atoms with Gasteiger partial charge in [-0.05, 0) is 61.4 Å². The fourth-order valence-electron chi connectivity index (χ4n) is 4.33. The molecule has 0 bridgehead atoms. The van der Waals surface area contributed by atoms with Crippen molar-refractivity contribution >= 4 is 23.1 Å². The van der Waals surface area contributed by atoms with Gasteiger partial charge in [0.1, 0.15) is 17.3 Å². The van der Waals surface area contributed by atoms with Crippen LogP contribution >= 0.6 is 0 Å². The Balaban J connectivity index is 2.00. The van der Waals surface area contributed by atoms with Gasteiger partial charge >= 0.3 is 6.18 Å². The smallest absolute Gasteiger partial charge is 0.416 e. The molecule has 1 aliphatic heterocycles. The Morgan fingerprint density at radius 3 is 2.31 bits per heavy atom. The molecule has 1 fully saturated rings. The Morgan fingerprint density at radius 2 is 1.67 bits per heavy atom. The van der Waals surface area contributed by atoms with Gasteiger partial charge in [0.15, 0.2) is 0 Å². The molecule has 0 aromatic heterocycles. The average Bonchev–Trinajstić information content (AvgIpc) is 3.10. The first kappa shape index (κ1) is 25.0. The third kappa shape index (κ3) is 4.21. The zero-order chi connectivity index (χ0) is 26.4. The molecule has 3 aromatic rings. The summed E-state index contributed by atoms with van der Waals surface area (Å²) in [6.45, 7) is 3.36. The lowest BCUT2D eigenvalue weighted by Crippen LogP contribution is -2.30. The van der Waals surface area contributed by atoms with Gasteiger partial charge < -0.3 is 9.84 Å². The summed E-state index contributed by atoms with van der Waals surface area (Å²) >= 11 is 0. The van der Waals surface area contributed by atoms with Crippen molar-refractivity contribution in [3.05, 3.63) is 99.9 Å². The summed E-state index contributed by atoms with van der Waals surface area (Å²) in [5, 5.41) is 11.3. The van der Waals surface area contributed by atoms with Gasteiger partial charge in [-0.2, -0.15) is 13.2 Å². The van der Waals surface area contributed by atoms with Gasteiger partial charge in [-0.25, -0.2) is 4.39 Å². The minimum atomic E-state index is -4.71. The third-order valence-corrected chi connectivity index (χ3v) is 6.09. The Labute approximate surface area is 204 Å². The fourth-order valence-corrected chi connectivity index (χ4v) is 4.33. The highest BCUT2D eigenvalue weighted by Crippen LogP contribution is 2.44. The van der Waals surface area contributed by atoms with Crippen LogP contribution in [0.5, 0.6) is 5.75 Å². The molecule has 36 heavy (non-hydrogen) atoms. The molecule has 1 atom stereocenters. The maximum absolute atomic E-state index is 15.0. The fraction of sp³-hybridized carbons (Fsp3) is 0.185.